The van der Waals surface area contributed by atoms with Crippen LogP contribution in [0.3, 0.4) is 0 Å². The molecule has 5 nitrogen and oxygen atoms in total. The lowest BCUT2D eigenvalue weighted by Gasteiger charge is -2.31. The Bertz CT molecular complexity index is 1420. The van der Waals surface area contributed by atoms with Crippen LogP contribution in [0.15, 0.2) is 108 Å². The highest BCUT2D eigenvalue weighted by Crippen LogP contribution is 2.49. The van der Waals surface area contributed by atoms with Gasteiger partial charge in [-0.15, -0.1) is 0 Å². The summed E-state index contributed by atoms with van der Waals surface area (Å²) in [5.74, 6) is 0. The minimum Gasteiger partial charge on any atom is -0.344 e. The summed E-state index contributed by atoms with van der Waals surface area (Å²) >= 11 is 0. The van der Waals surface area contributed by atoms with E-state index in [0.29, 0.717) is 12.4 Å². The average Bonchev–Trinajstić information content (AvgIpc) is 3.25. The normalized spacial score (nSPS) is 18.1. The first-order valence-electron chi connectivity index (χ1n) is 11.6. The molecule has 0 aliphatic carbocycles. The summed E-state index contributed by atoms with van der Waals surface area (Å²) in [6, 6.07) is 33.3. The Hall–Kier alpha value is -3.61. The summed E-state index contributed by atoms with van der Waals surface area (Å²) in [5.41, 5.74) is 6.09. The third-order valence-corrected chi connectivity index (χ3v) is 7.45. The number of aryl methyl sites for hydroxylation is 2. The van der Waals surface area contributed by atoms with E-state index in [0.717, 1.165) is 16.8 Å². The van der Waals surface area contributed by atoms with E-state index in [1.165, 1.54) is 17.2 Å². The summed E-state index contributed by atoms with van der Waals surface area (Å²) in [7, 11) is -4.41. The van der Waals surface area contributed by atoms with Crippen molar-refractivity contribution >= 4 is 21.5 Å². The van der Waals surface area contributed by atoms with E-state index in [9.17, 15) is 13.0 Å². The molecule has 0 saturated carbocycles. The maximum absolute atomic E-state index is 12.4. The van der Waals surface area contributed by atoms with Gasteiger partial charge < -0.3 is 9.80 Å². The monoisotopic (exact) mass is 484 g/mol. The Morgan fingerprint density at radius 1 is 0.686 bits per heavy atom. The van der Waals surface area contributed by atoms with E-state index in [1.54, 1.807) is 12.1 Å². The van der Waals surface area contributed by atoms with Crippen LogP contribution in [0, 0.1) is 13.8 Å². The zero-order valence-electron chi connectivity index (χ0n) is 19.7. The number of rotatable bonds is 5. The Morgan fingerprint density at radius 3 is 1.71 bits per heavy atom. The fraction of sp³-hybridized carbons (Fsp3) is 0.172. The van der Waals surface area contributed by atoms with Crippen molar-refractivity contribution in [2.24, 2.45) is 0 Å². The summed E-state index contributed by atoms with van der Waals surface area (Å²) < 4.78 is 34.8. The fourth-order valence-corrected chi connectivity index (χ4v) is 5.90. The van der Waals surface area contributed by atoms with E-state index >= 15 is 0 Å². The number of hydrogen-bond acceptors (Lipinski definition) is 4. The fourth-order valence-electron chi connectivity index (χ4n) is 5.20. The first kappa shape index (κ1) is 23.1. The second-order valence-corrected chi connectivity index (χ2v) is 10.5. The molecule has 0 spiro atoms. The number of hydrogen-bond donors (Lipinski definition) is 1. The first-order valence-corrected chi connectivity index (χ1v) is 13.0. The van der Waals surface area contributed by atoms with Crippen molar-refractivity contribution in [2.45, 2.75) is 30.8 Å². The van der Waals surface area contributed by atoms with Gasteiger partial charge in [-0.1, -0.05) is 78.9 Å². The molecule has 4 aromatic carbocycles. The molecule has 1 N–H and O–H groups in total. The molecule has 35 heavy (non-hydrogen) atoms. The van der Waals surface area contributed by atoms with E-state index in [4.69, 9.17) is 0 Å². The van der Waals surface area contributed by atoms with Crippen LogP contribution < -0.4 is 9.80 Å². The first-order chi connectivity index (χ1) is 16.8. The maximum Gasteiger partial charge on any atom is 0.296 e. The van der Waals surface area contributed by atoms with Crippen LogP contribution in [0.25, 0.3) is 0 Å². The number of benzene rings is 4. The van der Waals surface area contributed by atoms with Crippen molar-refractivity contribution in [3.8, 4) is 0 Å². The van der Waals surface area contributed by atoms with Crippen molar-refractivity contribution < 1.29 is 13.0 Å². The minimum absolute atomic E-state index is 0.0879. The van der Waals surface area contributed by atoms with Crippen molar-refractivity contribution in [3.05, 3.63) is 125 Å². The van der Waals surface area contributed by atoms with Crippen LogP contribution in [0.2, 0.25) is 0 Å². The topological polar surface area (TPSA) is 60.9 Å². The largest absolute Gasteiger partial charge is 0.344 e. The molecule has 0 aromatic heterocycles. The third-order valence-electron chi connectivity index (χ3n) is 6.55. The van der Waals surface area contributed by atoms with Gasteiger partial charge in [0, 0.05) is 5.69 Å². The van der Waals surface area contributed by atoms with Crippen molar-refractivity contribution in [3.63, 3.8) is 0 Å². The van der Waals surface area contributed by atoms with Gasteiger partial charge in [-0.3, -0.25) is 4.55 Å². The molecule has 0 unspecified atom stereocenters. The van der Waals surface area contributed by atoms with Crippen LogP contribution in [-0.4, -0.2) is 19.6 Å². The van der Waals surface area contributed by atoms with Gasteiger partial charge in [-0.25, -0.2) is 0 Å². The van der Waals surface area contributed by atoms with Crippen LogP contribution in [0.5, 0.6) is 0 Å². The molecule has 4 aromatic rings. The van der Waals surface area contributed by atoms with Gasteiger partial charge in [0.2, 0.25) is 0 Å². The van der Waals surface area contributed by atoms with Gasteiger partial charge in [-0.2, -0.15) is 8.42 Å². The maximum atomic E-state index is 12.4. The van der Waals surface area contributed by atoms with Crippen molar-refractivity contribution in [2.75, 3.05) is 16.5 Å². The molecule has 0 radical (unpaired) electrons. The highest BCUT2D eigenvalue weighted by atomic mass is 32.2. The second-order valence-electron chi connectivity index (χ2n) is 9.08. The Morgan fingerprint density at radius 2 is 1.17 bits per heavy atom. The zero-order chi connectivity index (χ0) is 24.6. The lowest BCUT2D eigenvalue weighted by molar-refractivity contribution is 0.482. The predicted octanol–water partition coefficient (Wildman–Crippen LogP) is 6.32. The van der Waals surface area contributed by atoms with Gasteiger partial charge in [0.25, 0.3) is 10.1 Å². The number of nitrogens with zero attached hydrogens (tertiary/aromatic N) is 2. The van der Waals surface area contributed by atoms with Gasteiger partial charge in [-0.05, 0) is 60.4 Å². The molecular formula is C29H28N2O3S. The molecule has 1 heterocycles. The van der Waals surface area contributed by atoms with Gasteiger partial charge in [0.1, 0.15) is 4.90 Å². The van der Waals surface area contributed by atoms with Crippen molar-refractivity contribution in [1.82, 2.24) is 0 Å². The molecule has 2 atom stereocenters. The standard InChI is InChI=1S/C29H28N2O3S/c1-21-17-22(2)19-25(18-21)30-20-31(26-15-9-10-16-27(26)35(32,33)34)29(24-13-7-4-8-14-24)28(30)23-11-5-3-6-12-23/h3-19,28-29H,20H2,1-2H3,(H,32,33,34)/t28-,29-/m0/s1. The Kier molecular flexibility index (Phi) is 6.09. The quantitative estimate of drug-likeness (QED) is 0.336. The molecule has 0 amide bonds. The van der Waals surface area contributed by atoms with Crippen LogP contribution in [0.4, 0.5) is 11.4 Å². The molecule has 1 aliphatic heterocycles. The second kappa shape index (κ2) is 9.21. The Balaban J connectivity index is 1.76. The SMILES string of the molecule is Cc1cc(C)cc(N2CN(c3ccccc3S(=O)(=O)O)[C@@H](c3ccccc3)[C@@H]2c2ccccc2)c1. The van der Waals surface area contributed by atoms with Crippen LogP contribution >= 0.6 is 0 Å². The van der Waals surface area contributed by atoms with E-state index in [1.807, 2.05) is 42.5 Å². The molecule has 1 saturated heterocycles. The molecule has 5 rings (SSSR count). The van der Waals surface area contributed by atoms with Gasteiger partial charge in [0.15, 0.2) is 0 Å². The highest BCUT2D eigenvalue weighted by molar-refractivity contribution is 7.86. The smallest absolute Gasteiger partial charge is 0.296 e. The number of para-hydroxylation sites is 1. The molecular weight excluding hydrogens is 456 g/mol. The molecule has 178 valence electrons. The van der Waals surface area contributed by atoms with Crippen molar-refractivity contribution in [1.29, 1.82) is 0 Å². The van der Waals surface area contributed by atoms with Crippen LogP contribution in [0.1, 0.15) is 34.3 Å². The minimum atomic E-state index is -4.41. The summed E-state index contributed by atoms with van der Waals surface area (Å²) in [4.78, 5) is 4.33. The highest BCUT2D eigenvalue weighted by Gasteiger charge is 2.43. The summed E-state index contributed by atoms with van der Waals surface area (Å²) in [6.45, 7) is 4.63. The molecule has 6 heteroatoms. The predicted molar refractivity (Wildman–Crippen MR) is 140 cm³/mol. The average molecular weight is 485 g/mol. The molecule has 0 bridgehead atoms. The lowest BCUT2D eigenvalue weighted by Crippen LogP contribution is -2.27. The van der Waals surface area contributed by atoms with Crippen LogP contribution in [-0.2, 0) is 10.1 Å². The zero-order valence-corrected chi connectivity index (χ0v) is 20.6. The Labute approximate surface area is 207 Å². The van der Waals surface area contributed by atoms with E-state index < -0.39 is 10.1 Å². The van der Waals surface area contributed by atoms with Gasteiger partial charge in [0.05, 0.1) is 24.4 Å². The lowest BCUT2D eigenvalue weighted by atomic mass is 9.92. The van der Waals surface area contributed by atoms with E-state index in [2.05, 4.69) is 66.1 Å². The molecule has 1 fully saturated rings. The summed E-state index contributed by atoms with van der Waals surface area (Å²) in [5, 5.41) is 0. The number of anilines is 2. The third kappa shape index (κ3) is 4.55. The van der Waals surface area contributed by atoms with E-state index in [-0.39, 0.29) is 17.0 Å². The summed E-state index contributed by atoms with van der Waals surface area (Å²) in [6.07, 6.45) is 0. The van der Waals surface area contributed by atoms with Gasteiger partial charge >= 0.3 is 0 Å². The molecule has 1 aliphatic rings.